The second-order valence-corrected chi connectivity index (χ2v) is 5.09. The van der Waals surface area contributed by atoms with E-state index in [4.69, 9.17) is 0 Å². The predicted octanol–water partition coefficient (Wildman–Crippen LogP) is 1.54. The van der Waals surface area contributed by atoms with Crippen molar-refractivity contribution in [2.45, 2.75) is 38.1 Å². The highest BCUT2D eigenvalue weighted by atomic mass is 19.1. The first-order valence-corrected chi connectivity index (χ1v) is 6.94. The van der Waals surface area contributed by atoms with Crippen LogP contribution in [0.2, 0.25) is 0 Å². The van der Waals surface area contributed by atoms with Gasteiger partial charge in [-0.1, -0.05) is 31.0 Å². The van der Waals surface area contributed by atoms with Crippen LogP contribution in [0.3, 0.4) is 0 Å². The Morgan fingerprint density at radius 2 is 1.85 bits per heavy atom. The summed E-state index contributed by atoms with van der Waals surface area (Å²) >= 11 is 0. The maximum atomic E-state index is 13.4. The van der Waals surface area contributed by atoms with Crippen LogP contribution in [0, 0.1) is 5.82 Å². The molecule has 0 bridgehead atoms. The third-order valence-corrected chi connectivity index (χ3v) is 3.48. The van der Waals surface area contributed by atoms with Gasteiger partial charge in [-0.15, -0.1) is 0 Å². The molecule has 1 aliphatic rings. The van der Waals surface area contributed by atoms with Gasteiger partial charge in [-0.2, -0.15) is 0 Å². The number of rotatable bonds is 5. The lowest BCUT2D eigenvalue weighted by Gasteiger charge is -2.12. The second-order valence-electron chi connectivity index (χ2n) is 5.09. The summed E-state index contributed by atoms with van der Waals surface area (Å²) in [5.74, 6) is -0.937. The molecule has 1 aromatic carbocycles. The second kappa shape index (κ2) is 7.03. The summed E-state index contributed by atoms with van der Waals surface area (Å²) in [6.45, 7) is -0.0518. The first kappa shape index (κ1) is 14.5. The lowest BCUT2D eigenvalue weighted by molar-refractivity contribution is -0.126. The molecule has 4 nitrogen and oxygen atoms in total. The van der Waals surface area contributed by atoms with E-state index >= 15 is 0 Å². The Balaban J connectivity index is 1.72. The third kappa shape index (κ3) is 4.33. The van der Waals surface area contributed by atoms with Gasteiger partial charge in [0, 0.05) is 6.04 Å². The zero-order chi connectivity index (χ0) is 14.4. The van der Waals surface area contributed by atoms with E-state index in [-0.39, 0.29) is 30.8 Å². The standard InChI is InChI=1S/C15H19FN2O2/c16-13-8-4-1-5-11(13)9-14(19)17-10-15(20)18-12-6-2-3-7-12/h1,4-5,8,12H,2-3,6-7,9-10H2,(H,17,19)(H,18,20). The zero-order valence-corrected chi connectivity index (χ0v) is 11.3. The van der Waals surface area contributed by atoms with E-state index in [1.807, 2.05) is 0 Å². The molecule has 0 unspecified atom stereocenters. The minimum atomic E-state index is -0.405. The van der Waals surface area contributed by atoms with Gasteiger partial charge in [-0.3, -0.25) is 9.59 Å². The number of carbonyl (C=O) groups is 2. The van der Waals surface area contributed by atoms with Crippen molar-refractivity contribution in [3.05, 3.63) is 35.6 Å². The fourth-order valence-corrected chi connectivity index (χ4v) is 2.40. The highest BCUT2D eigenvalue weighted by Gasteiger charge is 2.17. The number of carbonyl (C=O) groups excluding carboxylic acids is 2. The summed E-state index contributed by atoms with van der Waals surface area (Å²) in [4.78, 5) is 23.3. The zero-order valence-electron chi connectivity index (χ0n) is 11.3. The molecule has 20 heavy (non-hydrogen) atoms. The normalized spacial score (nSPS) is 15.1. The van der Waals surface area contributed by atoms with Crippen LogP contribution in [-0.4, -0.2) is 24.4 Å². The van der Waals surface area contributed by atoms with Crippen LogP contribution in [0.25, 0.3) is 0 Å². The summed E-state index contributed by atoms with van der Waals surface area (Å²) in [6, 6.07) is 6.37. The lowest BCUT2D eigenvalue weighted by atomic mass is 10.1. The number of amides is 2. The Morgan fingerprint density at radius 1 is 1.15 bits per heavy atom. The number of hydrogen-bond acceptors (Lipinski definition) is 2. The molecule has 2 rings (SSSR count). The minimum absolute atomic E-state index is 0.0518. The fraction of sp³-hybridized carbons (Fsp3) is 0.467. The van der Waals surface area contributed by atoms with Crippen LogP contribution < -0.4 is 10.6 Å². The van der Waals surface area contributed by atoms with Crippen molar-refractivity contribution in [1.82, 2.24) is 10.6 Å². The molecule has 0 aromatic heterocycles. The molecule has 0 saturated heterocycles. The van der Waals surface area contributed by atoms with Crippen LogP contribution in [0.15, 0.2) is 24.3 Å². The van der Waals surface area contributed by atoms with Gasteiger partial charge in [0.05, 0.1) is 13.0 Å². The minimum Gasteiger partial charge on any atom is -0.352 e. The average Bonchev–Trinajstić information content (AvgIpc) is 2.92. The Morgan fingerprint density at radius 3 is 2.55 bits per heavy atom. The molecule has 108 valence electrons. The Hall–Kier alpha value is -1.91. The van der Waals surface area contributed by atoms with Crippen LogP contribution in [-0.2, 0) is 16.0 Å². The molecule has 2 amide bonds. The predicted molar refractivity (Wildman–Crippen MR) is 73.5 cm³/mol. The first-order chi connectivity index (χ1) is 9.65. The van der Waals surface area contributed by atoms with Crippen LogP contribution in [0.4, 0.5) is 4.39 Å². The highest BCUT2D eigenvalue weighted by Crippen LogP contribution is 2.17. The molecule has 0 atom stereocenters. The van der Waals surface area contributed by atoms with Gasteiger partial charge in [-0.25, -0.2) is 4.39 Å². The van der Waals surface area contributed by atoms with Crippen molar-refractivity contribution < 1.29 is 14.0 Å². The molecule has 0 radical (unpaired) electrons. The highest BCUT2D eigenvalue weighted by molar-refractivity contribution is 5.85. The van der Waals surface area contributed by atoms with Crippen molar-refractivity contribution in [3.63, 3.8) is 0 Å². The van der Waals surface area contributed by atoms with E-state index in [2.05, 4.69) is 10.6 Å². The summed E-state index contributed by atoms with van der Waals surface area (Å²) in [6.07, 6.45) is 4.25. The molecule has 2 N–H and O–H groups in total. The van der Waals surface area contributed by atoms with Gasteiger partial charge >= 0.3 is 0 Å². The van der Waals surface area contributed by atoms with Crippen LogP contribution in [0.1, 0.15) is 31.2 Å². The molecule has 0 spiro atoms. The summed E-state index contributed by atoms with van der Waals surface area (Å²) in [5.41, 5.74) is 0.334. The third-order valence-electron chi connectivity index (χ3n) is 3.48. The molecule has 1 aromatic rings. The number of nitrogens with one attached hydrogen (secondary N) is 2. The summed E-state index contributed by atoms with van der Waals surface area (Å²) in [5, 5.41) is 5.40. The van der Waals surface area contributed by atoms with Crippen molar-refractivity contribution in [2.24, 2.45) is 0 Å². The van der Waals surface area contributed by atoms with Crippen molar-refractivity contribution in [3.8, 4) is 0 Å². The fourth-order valence-electron chi connectivity index (χ4n) is 2.40. The van der Waals surface area contributed by atoms with E-state index in [1.165, 1.54) is 6.07 Å². The van der Waals surface area contributed by atoms with Crippen LogP contribution in [0.5, 0.6) is 0 Å². The number of halogens is 1. The van der Waals surface area contributed by atoms with E-state index in [9.17, 15) is 14.0 Å². The Bertz CT molecular complexity index is 485. The molecule has 5 heteroatoms. The summed E-state index contributed by atoms with van der Waals surface area (Å²) in [7, 11) is 0. The van der Waals surface area contributed by atoms with Gasteiger partial charge in [0.25, 0.3) is 0 Å². The maximum absolute atomic E-state index is 13.4. The molecular formula is C15H19FN2O2. The van der Waals surface area contributed by atoms with Gasteiger partial charge in [0.1, 0.15) is 5.82 Å². The quantitative estimate of drug-likeness (QED) is 0.858. The van der Waals surface area contributed by atoms with Crippen molar-refractivity contribution in [1.29, 1.82) is 0 Å². The first-order valence-electron chi connectivity index (χ1n) is 6.94. The topological polar surface area (TPSA) is 58.2 Å². The Kier molecular flexibility index (Phi) is 5.09. The van der Waals surface area contributed by atoms with Gasteiger partial charge < -0.3 is 10.6 Å². The van der Waals surface area contributed by atoms with E-state index in [0.29, 0.717) is 5.56 Å². The van der Waals surface area contributed by atoms with Gasteiger partial charge in [-0.05, 0) is 24.5 Å². The Labute approximate surface area is 117 Å². The van der Waals surface area contributed by atoms with E-state index in [0.717, 1.165) is 25.7 Å². The molecule has 0 aliphatic heterocycles. The lowest BCUT2D eigenvalue weighted by Crippen LogP contribution is -2.41. The molecule has 1 saturated carbocycles. The monoisotopic (exact) mass is 278 g/mol. The average molecular weight is 278 g/mol. The van der Waals surface area contributed by atoms with E-state index < -0.39 is 5.82 Å². The van der Waals surface area contributed by atoms with Crippen molar-refractivity contribution >= 4 is 11.8 Å². The number of benzene rings is 1. The van der Waals surface area contributed by atoms with Crippen LogP contribution >= 0.6 is 0 Å². The molecule has 1 aliphatic carbocycles. The maximum Gasteiger partial charge on any atom is 0.239 e. The largest absolute Gasteiger partial charge is 0.352 e. The van der Waals surface area contributed by atoms with Crippen molar-refractivity contribution in [2.75, 3.05) is 6.54 Å². The molecule has 0 heterocycles. The van der Waals surface area contributed by atoms with Gasteiger partial charge in [0.2, 0.25) is 11.8 Å². The molecular weight excluding hydrogens is 259 g/mol. The smallest absolute Gasteiger partial charge is 0.239 e. The van der Waals surface area contributed by atoms with Gasteiger partial charge in [0.15, 0.2) is 0 Å². The molecule has 1 fully saturated rings. The SMILES string of the molecule is O=C(Cc1ccccc1F)NCC(=O)NC1CCCC1. The number of hydrogen-bond donors (Lipinski definition) is 2. The summed E-state index contributed by atoms with van der Waals surface area (Å²) < 4.78 is 13.4. The van der Waals surface area contributed by atoms with E-state index in [1.54, 1.807) is 18.2 Å².